The number of hydrogen-bond donors (Lipinski definition) is 1. The molecule has 2 heterocycles. The SMILES string of the molecule is Cl.O=C(c1ccc(-c2ccc(Cl)cc2)cc1F)N1C2CCNCC1CC2. The summed E-state index contributed by atoms with van der Waals surface area (Å²) in [4.78, 5) is 14.9. The lowest BCUT2D eigenvalue weighted by molar-refractivity contribution is 0.0675. The maximum absolute atomic E-state index is 14.7. The molecule has 0 radical (unpaired) electrons. The number of rotatable bonds is 2. The summed E-state index contributed by atoms with van der Waals surface area (Å²) in [6.07, 6.45) is 2.95. The van der Waals surface area contributed by atoms with Crippen LogP contribution in [0, 0.1) is 5.82 Å². The Morgan fingerprint density at radius 2 is 1.73 bits per heavy atom. The second-order valence-corrected chi connectivity index (χ2v) is 7.23. The Labute approximate surface area is 163 Å². The molecule has 2 aromatic carbocycles. The van der Waals surface area contributed by atoms with E-state index < -0.39 is 5.82 Å². The highest BCUT2D eigenvalue weighted by Crippen LogP contribution is 2.31. The predicted octanol–water partition coefficient (Wildman–Crippen LogP) is 4.53. The van der Waals surface area contributed by atoms with Gasteiger partial charge in [0.25, 0.3) is 5.91 Å². The molecule has 2 bridgehead atoms. The summed E-state index contributed by atoms with van der Waals surface area (Å²) in [5.74, 6) is -0.648. The van der Waals surface area contributed by atoms with Gasteiger partial charge in [0, 0.05) is 23.7 Å². The molecule has 2 aliphatic heterocycles. The Morgan fingerprint density at radius 1 is 1.04 bits per heavy atom. The van der Waals surface area contributed by atoms with Crippen LogP contribution in [0.25, 0.3) is 11.1 Å². The summed E-state index contributed by atoms with van der Waals surface area (Å²) >= 11 is 5.90. The van der Waals surface area contributed by atoms with Crippen molar-refractivity contribution in [2.45, 2.75) is 31.3 Å². The van der Waals surface area contributed by atoms with Gasteiger partial charge in [-0.1, -0.05) is 29.8 Å². The number of amides is 1. The van der Waals surface area contributed by atoms with Crippen molar-refractivity contribution in [3.63, 3.8) is 0 Å². The lowest BCUT2D eigenvalue weighted by Crippen LogP contribution is -2.42. The molecule has 3 nitrogen and oxygen atoms in total. The van der Waals surface area contributed by atoms with Gasteiger partial charge >= 0.3 is 0 Å². The van der Waals surface area contributed by atoms with E-state index in [2.05, 4.69) is 5.32 Å². The number of hydrogen-bond acceptors (Lipinski definition) is 2. The van der Waals surface area contributed by atoms with Gasteiger partial charge in [-0.05, 0) is 61.2 Å². The van der Waals surface area contributed by atoms with Crippen LogP contribution in [0.2, 0.25) is 5.02 Å². The predicted molar refractivity (Wildman–Crippen MR) is 105 cm³/mol. The fourth-order valence-corrected chi connectivity index (χ4v) is 4.09. The molecule has 138 valence electrons. The summed E-state index contributed by atoms with van der Waals surface area (Å²) < 4.78 is 14.7. The third-order valence-corrected chi connectivity index (χ3v) is 5.52. The van der Waals surface area contributed by atoms with Crippen LogP contribution < -0.4 is 5.32 Å². The highest BCUT2D eigenvalue weighted by Gasteiger charge is 2.39. The summed E-state index contributed by atoms with van der Waals surface area (Å²) in [6.45, 7) is 1.72. The van der Waals surface area contributed by atoms with Crippen molar-refractivity contribution in [3.8, 4) is 11.1 Å². The zero-order valence-electron chi connectivity index (χ0n) is 14.3. The molecule has 6 heteroatoms. The van der Waals surface area contributed by atoms with E-state index in [1.807, 2.05) is 17.0 Å². The number of halogens is 3. The normalized spacial score (nSPS) is 21.8. The molecule has 2 aromatic rings. The van der Waals surface area contributed by atoms with Crippen molar-refractivity contribution in [1.29, 1.82) is 0 Å². The molecule has 2 unspecified atom stereocenters. The topological polar surface area (TPSA) is 32.3 Å². The molecule has 1 amide bonds. The maximum atomic E-state index is 14.7. The Balaban J connectivity index is 0.00000196. The number of nitrogens with zero attached hydrogens (tertiary/aromatic N) is 1. The van der Waals surface area contributed by atoms with E-state index >= 15 is 0 Å². The molecule has 2 aliphatic rings. The van der Waals surface area contributed by atoms with E-state index in [1.54, 1.807) is 24.3 Å². The monoisotopic (exact) mass is 394 g/mol. The number of benzene rings is 2. The molecule has 1 N–H and O–H groups in total. The Hall–Kier alpha value is -1.62. The molecule has 2 atom stereocenters. The molecule has 2 fully saturated rings. The molecular formula is C20H21Cl2FN2O. The minimum atomic E-state index is -0.464. The Morgan fingerprint density at radius 3 is 2.46 bits per heavy atom. The second kappa shape index (κ2) is 7.95. The molecule has 2 saturated heterocycles. The largest absolute Gasteiger partial charge is 0.331 e. The number of carbonyl (C=O) groups excluding carboxylic acids is 1. The lowest BCUT2D eigenvalue weighted by atomic mass is 10.0. The average Bonchev–Trinajstić information content (AvgIpc) is 2.87. The van der Waals surface area contributed by atoms with Gasteiger partial charge in [0.15, 0.2) is 0 Å². The van der Waals surface area contributed by atoms with Crippen LogP contribution in [0.1, 0.15) is 29.6 Å². The van der Waals surface area contributed by atoms with E-state index in [9.17, 15) is 9.18 Å². The smallest absolute Gasteiger partial charge is 0.257 e. The zero-order valence-corrected chi connectivity index (χ0v) is 15.8. The number of nitrogens with one attached hydrogen (secondary N) is 1. The van der Waals surface area contributed by atoms with E-state index in [0.717, 1.165) is 43.5 Å². The molecule has 0 spiro atoms. The highest BCUT2D eigenvalue weighted by molar-refractivity contribution is 6.30. The van der Waals surface area contributed by atoms with E-state index in [4.69, 9.17) is 11.6 Å². The van der Waals surface area contributed by atoms with Gasteiger partial charge in [0.1, 0.15) is 5.82 Å². The van der Waals surface area contributed by atoms with Crippen LogP contribution >= 0.6 is 24.0 Å². The summed E-state index contributed by atoms with van der Waals surface area (Å²) in [5, 5.41) is 4.01. The quantitative estimate of drug-likeness (QED) is 0.810. The summed E-state index contributed by atoms with van der Waals surface area (Å²) in [6, 6.07) is 12.5. The van der Waals surface area contributed by atoms with E-state index in [-0.39, 0.29) is 36.0 Å². The first-order valence-electron chi connectivity index (χ1n) is 8.72. The van der Waals surface area contributed by atoms with Crippen molar-refractivity contribution in [2.75, 3.05) is 13.1 Å². The number of fused-ring (bicyclic) bond motifs is 2. The molecule has 0 aromatic heterocycles. The van der Waals surface area contributed by atoms with Gasteiger partial charge in [-0.2, -0.15) is 0 Å². The van der Waals surface area contributed by atoms with Crippen molar-refractivity contribution >= 4 is 29.9 Å². The highest BCUT2D eigenvalue weighted by atomic mass is 35.5. The van der Waals surface area contributed by atoms with Crippen molar-refractivity contribution in [3.05, 3.63) is 58.9 Å². The van der Waals surface area contributed by atoms with Crippen molar-refractivity contribution in [1.82, 2.24) is 10.2 Å². The van der Waals surface area contributed by atoms with Crippen LogP contribution in [0.5, 0.6) is 0 Å². The second-order valence-electron chi connectivity index (χ2n) is 6.79. The first-order chi connectivity index (χ1) is 12.1. The van der Waals surface area contributed by atoms with Crippen LogP contribution in [-0.4, -0.2) is 36.0 Å². The van der Waals surface area contributed by atoms with E-state index in [1.165, 1.54) is 6.07 Å². The lowest BCUT2D eigenvalue weighted by Gasteiger charge is -2.28. The molecule has 4 rings (SSSR count). The molecule has 0 saturated carbocycles. The van der Waals surface area contributed by atoms with Crippen LogP contribution in [-0.2, 0) is 0 Å². The molecule has 26 heavy (non-hydrogen) atoms. The van der Waals surface area contributed by atoms with Gasteiger partial charge in [0.2, 0.25) is 0 Å². The first-order valence-corrected chi connectivity index (χ1v) is 9.10. The van der Waals surface area contributed by atoms with Gasteiger partial charge in [-0.15, -0.1) is 12.4 Å². The molecular weight excluding hydrogens is 374 g/mol. The van der Waals surface area contributed by atoms with Crippen LogP contribution in [0.3, 0.4) is 0 Å². The van der Waals surface area contributed by atoms with Gasteiger partial charge in [-0.3, -0.25) is 4.79 Å². The number of carbonyl (C=O) groups is 1. The fraction of sp³-hybridized carbons (Fsp3) is 0.350. The fourth-order valence-electron chi connectivity index (χ4n) is 3.96. The minimum absolute atomic E-state index is 0. The zero-order chi connectivity index (χ0) is 17.4. The molecule has 0 aliphatic carbocycles. The van der Waals surface area contributed by atoms with Crippen LogP contribution in [0.4, 0.5) is 4.39 Å². The van der Waals surface area contributed by atoms with Crippen molar-refractivity contribution in [2.24, 2.45) is 0 Å². The van der Waals surface area contributed by atoms with Crippen molar-refractivity contribution < 1.29 is 9.18 Å². The first kappa shape index (κ1) is 19.2. The minimum Gasteiger partial charge on any atom is -0.331 e. The van der Waals surface area contributed by atoms with Crippen LogP contribution in [0.15, 0.2) is 42.5 Å². The van der Waals surface area contributed by atoms with Gasteiger partial charge in [-0.25, -0.2) is 4.39 Å². The van der Waals surface area contributed by atoms with Gasteiger partial charge < -0.3 is 10.2 Å². The Kier molecular flexibility index (Phi) is 5.86. The van der Waals surface area contributed by atoms with Gasteiger partial charge in [0.05, 0.1) is 5.56 Å². The average molecular weight is 395 g/mol. The Bertz CT molecular complexity index is 783. The maximum Gasteiger partial charge on any atom is 0.257 e. The standard InChI is InChI=1S/C20H20ClFN2O.ClH/c21-15-4-1-13(2-5-15)14-3-8-18(19(22)11-14)20(25)24-16-6-7-17(24)12-23-10-9-16;/h1-5,8,11,16-17,23H,6-7,9-10,12H2;1H. The third-order valence-electron chi connectivity index (χ3n) is 5.27. The summed E-state index contributed by atoms with van der Waals surface area (Å²) in [7, 11) is 0. The van der Waals surface area contributed by atoms with E-state index in [0.29, 0.717) is 5.02 Å². The third kappa shape index (κ3) is 3.59. The summed E-state index contributed by atoms with van der Waals surface area (Å²) in [5.41, 5.74) is 1.78.